The van der Waals surface area contributed by atoms with Crippen molar-refractivity contribution in [3.05, 3.63) is 0 Å². The Morgan fingerprint density at radius 3 is 2.79 bits per heavy atom. The third kappa shape index (κ3) is 8.01. The molecule has 0 fully saturated rings. The number of amides is 1. The van der Waals surface area contributed by atoms with E-state index < -0.39 is 0 Å². The van der Waals surface area contributed by atoms with E-state index in [0.29, 0.717) is 26.2 Å². The first-order valence-electron chi connectivity index (χ1n) is 5.30. The van der Waals surface area contributed by atoms with Gasteiger partial charge in [-0.15, -0.1) is 0 Å². The highest BCUT2D eigenvalue weighted by Gasteiger charge is 2.04. The van der Waals surface area contributed by atoms with Gasteiger partial charge >= 0.3 is 0 Å². The van der Waals surface area contributed by atoms with E-state index in [1.165, 1.54) is 0 Å². The van der Waals surface area contributed by atoms with Gasteiger partial charge in [-0.1, -0.05) is 13.3 Å². The van der Waals surface area contributed by atoms with E-state index in [-0.39, 0.29) is 11.9 Å². The number of carbonyl (C=O) groups is 1. The van der Waals surface area contributed by atoms with Crippen LogP contribution in [0, 0.1) is 0 Å². The van der Waals surface area contributed by atoms with Gasteiger partial charge in [0, 0.05) is 25.6 Å². The SMILES string of the molecule is CCCC(N)CNC(=O)CCOCC. The number of hydrogen-bond donors (Lipinski definition) is 2. The molecule has 0 heterocycles. The largest absolute Gasteiger partial charge is 0.381 e. The quantitative estimate of drug-likeness (QED) is 0.568. The third-order valence-corrected chi connectivity index (χ3v) is 1.90. The molecule has 3 N–H and O–H groups in total. The molecule has 0 aliphatic carbocycles. The van der Waals surface area contributed by atoms with Gasteiger partial charge in [0.2, 0.25) is 5.91 Å². The summed E-state index contributed by atoms with van der Waals surface area (Å²) in [5.74, 6) is 0.0185. The fourth-order valence-electron chi connectivity index (χ4n) is 1.12. The van der Waals surface area contributed by atoms with E-state index in [1.54, 1.807) is 0 Å². The van der Waals surface area contributed by atoms with Crippen molar-refractivity contribution in [2.75, 3.05) is 19.8 Å². The maximum absolute atomic E-state index is 11.2. The lowest BCUT2D eigenvalue weighted by Crippen LogP contribution is -2.37. The zero-order valence-corrected chi connectivity index (χ0v) is 9.21. The van der Waals surface area contributed by atoms with Crippen LogP contribution < -0.4 is 11.1 Å². The van der Waals surface area contributed by atoms with E-state index in [0.717, 1.165) is 12.8 Å². The molecule has 14 heavy (non-hydrogen) atoms. The lowest BCUT2D eigenvalue weighted by molar-refractivity contribution is -0.122. The maximum atomic E-state index is 11.2. The maximum Gasteiger partial charge on any atom is 0.222 e. The van der Waals surface area contributed by atoms with Crippen LogP contribution in [0.2, 0.25) is 0 Å². The number of ether oxygens (including phenoxy) is 1. The molecule has 4 heteroatoms. The predicted molar refractivity (Wildman–Crippen MR) is 57.0 cm³/mol. The fourth-order valence-corrected chi connectivity index (χ4v) is 1.12. The first-order valence-corrected chi connectivity index (χ1v) is 5.30. The number of nitrogens with two attached hydrogens (primary N) is 1. The second-order valence-electron chi connectivity index (χ2n) is 3.30. The molecule has 4 nitrogen and oxygen atoms in total. The van der Waals surface area contributed by atoms with Crippen LogP contribution in [0.1, 0.15) is 33.1 Å². The fraction of sp³-hybridized carbons (Fsp3) is 0.900. The highest BCUT2D eigenvalue weighted by molar-refractivity contribution is 5.75. The summed E-state index contributed by atoms with van der Waals surface area (Å²) in [5.41, 5.74) is 5.74. The smallest absolute Gasteiger partial charge is 0.222 e. The minimum Gasteiger partial charge on any atom is -0.381 e. The van der Waals surface area contributed by atoms with Gasteiger partial charge in [-0.25, -0.2) is 0 Å². The topological polar surface area (TPSA) is 64.3 Å². The van der Waals surface area contributed by atoms with Gasteiger partial charge in [0.15, 0.2) is 0 Å². The molecule has 0 radical (unpaired) electrons. The second kappa shape index (κ2) is 8.97. The zero-order valence-electron chi connectivity index (χ0n) is 9.21. The van der Waals surface area contributed by atoms with Crippen molar-refractivity contribution < 1.29 is 9.53 Å². The van der Waals surface area contributed by atoms with E-state index in [9.17, 15) is 4.79 Å². The van der Waals surface area contributed by atoms with Crippen LogP contribution in [-0.2, 0) is 9.53 Å². The Hall–Kier alpha value is -0.610. The molecular formula is C10H22N2O2. The number of hydrogen-bond acceptors (Lipinski definition) is 3. The molecule has 84 valence electrons. The Morgan fingerprint density at radius 2 is 2.21 bits per heavy atom. The molecule has 0 aliphatic heterocycles. The molecule has 1 unspecified atom stereocenters. The summed E-state index contributed by atoms with van der Waals surface area (Å²) in [7, 11) is 0. The number of nitrogens with one attached hydrogen (secondary N) is 1. The normalized spacial score (nSPS) is 12.5. The molecule has 0 aromatic carbocycles. The van der Waals surface area contributed by atoms with Crippen molar-refractivity contribution in [2.24, 2.45) is 5.73 Å². The van der Waals surface area contributed by atoms with Crippen molar-refractivity contribution in [1.82, 2.24) is 5.32 Å². The van der Waals surface area contributed by atoms with Gasteiger partial charge in [0.1, 0.15) is 0 Å². The van der Waals surface area contributed by atoms with Crippen molar-refractivity contribution >= 4 is 5.91 Å². The molecular weight excluding hydrogens is 180 g/mol. The van der Waals surface area contributed by atoms with E-state index in [1.807, 2.05) is 6.92 Å². The molecule has 0 aliphatic rings. The molecule has 0 saturated carbocycles. The first kappa shape index (κ1) is 13.4. The minimum absolute atomic E-state index is 0.0185. The lowest BCUT2D eigenvalue weighted by atomic mass is 10.2. The monoisotopic (exact) mass is 202 g/mol. The second-order valence-corrected chi connectivity index (χ2v) is 3.30. The average molecular weight is 202 g/mol. The molecule has 1 atom stereocenters. The third-order valence-electron chi connectivity index (χ3n) is 1.90. The molecule has 0 spiro atoms. The standard InChI is InChI=1S/C10H22N2O2/c1-3-5-9(11)8-12-10(13)6-7-14-4-2/h9H,3-8,11H2,1-2H3,(H,12,13). The molecule has 0 rings (SSSR count). The van der Waals surface area contributed by atoms with E-state index in [4.69, 9.17) is 10.5 Å². The van der Waals surface area contributed by atoms with Gasteiger partial charge < -0.3 is 15.8 Å². The number of carbonyl (C=O) groups excluding carboxylic acids is 1. The average Bonchev–Trinajstić information content (AvgIpc) is 2.16. The van der Waals surface area contributed by atoms with Crippen LogP contribution in [0.25, 0.3) is 0 Å². The molecule has 0 saturated heterocycles. The number of rotatable bonds is 8. The highest BCUT2D eigenvalue weighted by Crippen LogP contribution is 1.91. The summed E-state index contributed by atoms with van der Waals surface area (Å²) < 4.78 is 5.07. The van der Waals surface area contributed by atoms with Crippen LogP contribution in [0.5, 0.6) is 0 Å². The van der Waals surface area contributed by atoms with Crippen molar-refractivity contribution in [3.8, 4) is 0 Å². The van der Waals surface area contributed by atoms with E-state index >= 15 is 0 Å². The van der Waals surface area contributed by atoms with Crippen molar-refractivity contribution in [1.29, 1.82) is 0 Å². The summed E-state index contributed by atoms with van der Waals surface area (Å²) in [6.07, 6.45) is 2.43. The van der Waals surface area contributed by atoms with Gasteiger partial charge in [0.25, 0.3) is 0 Å². The lowest BCUT2D eigenvalue weighted by Gasteiger charge is -2.11. The predicted octanol–water partition coefficient (Wildman–Crippen LogP) is 0.657. The highest BCUT2D eigenvalue weighted by atomic mass is 16.5. The van der Waals surface area contributed by atoms with Crippen molar-refractivity contribution in [3.63, 3.8) is 0 Å². The van der Waals surface area contributed by atoms with Gasteiger partial charge in [-0.2, -0.15) is 0 Å². The van der Waals surface area contributed by atoms with Crippen LogP contribution >= 0.6 is 0 Å². The summed E-state index contributed by atoms with van der Waals surface area (Å²) >= 11 is 0. The van der Waals surface area contributed by atoms with Crippen LogP contribution in [-0.4, -0.2) is 31.7 Å². The summed E-state index contributed by atoms with van der Waals surface area (Å²) in [6, 6.07) is 0.0797. The Bertz CT molecular complexity index is 151. The zero-order chi connectivity index (χ0) is 10.8. The molecule has 0 aromatic rings. The van der Waals surface area contributed by atoms with Gasteiger partial charge in [0.05, 0.1) is 6.61 Å². The summed E-state index contributed by atoms with van der Waals surface area (Å²) in [4.78, 5) is 11.2. The molecule has 0 bridgehead atoms. The summed E-state index contributed by atoms with van der Waals surface area (Å²) in [6.45, 7) is 5.71. The van der Waals surface area contributed by atoms with Gasteiger partial charge in [-0.3, -0.25) is 4.79 Å². The Balaban J connectivity index is 3.34. The van der Waals surface area contributed by atoms with Gasteiger partial charge in [-0.05, 0) is 13.3 Å². The van der Waals surface area contributed by atoms with Crippen molar-refractivity contribution in [2.45, 2.75) is 39.2 Å². The van der Waals surface area contributed by atoms with Crippen LogP contribution in [0.4, 0.5) is 0 Å². The Kier molecular flexibility index (Phi) is 8.57. The Labute approximate surface area is 86.2 Å². The molecule has 0 aromatic heterocycles. The minimum atomic E-state index is 0.0185. The Morgan fingerprint density at radius 1 is 1.50 bits per heavy atom. The van der Waals surface area contributed by atoms with Crippen LogP contribution in [0.15, 0.2) is 0 Å². The summed E-state index contributed by atoms with van der Waals surface area (Å²) in [5, 5.41) is 2.78. The van der Waals surface area contributed by atoms with Crippen LogP contribution in [0.3, 0.4) is 0 Å². The molecule has 1 amide bonds. The van der Waals surface area contributed by atoms with E-state index in [2.05, 4.69) is 12.2 Å². The first-order chi connectivity index (χ1) is 6.70.